The van der Waals surface area contributed by atoms with Crippen LogP contribution >= 0.6 is 0 Å². The van der Waals surface area contributed by atoms with Crippen molar-refractivity contribution in [1.82, 2.24) is 0 Å². The van der Waals surface area contributed by atoms with E-state index >= 15 is 0 Å². The third-order valence-corrected chi connectivity index (χ3v) is 9.43. The van der Waals surface area contributed by atoms with Crippen molar-refractivity contribution in [3.63, 3.8) is 0 Å². The minimum atomic E-state index is 1.21. The molecule has 0 aromatic heterocycles. The molecule has 0 N–H and O–H groups in total. The lowest BCUT2D eigenvalue weighted by Crippen LogP contribution is -1.92. The minimum absolute atomic E-state index is 1.21. The van der Waals surface area contributed by atoms with Crippen LogP contribution in [0.25, 0.3) is 87.6 Å². The Labute approximate surface area is 268 Å². The average Bonchev–Trinajstić information content (AvgIpc) is 3.13. The normalized spacial score (nSPS) is 11.5. The zero-order valence-corrected chi connectivity index (χ0v) is 25.3. The van der Waals surface area contributed by atoms with Gasteiger partial charge in [-0.05, 0) is 106 Å². The fourth-order valence-corrected chi connectivity index (χ4v) is 7.24. The standard InChI is InChI=1S/C46H30/c1-2-13-34(14-3-1)45-40-18-8-10-20-42(40)46(43-21-11-9-19-41(43)45)44-30-38(29-37-16-6-7-17-39(37)44)33-24-22-32(23-25-33)36-27-26-31-12-4-5-15-35(31)28-36/h1-30H. The maximum Gasteiger partial charge on any atom is -0.00199 e. The summed E-state index contributed by atoms with van der Waals surface area (Å²) in [7, 11) is 0. The molecule has 0 saturated carbocycles. The molecule has 0 saturated heterocycles. The SMILES string of the molecule is c1ccc(-c2c3ccccc3c(-c3cc(-c4ccc(-c5ccc6ccccc6c5)cc4)cc4ccccc34)c3ccccc23)cc1. The van der Waals surface area contributed by atoms with Crippen molar-refractivity contribution in [1.29, 1.82) is 0 Å². The molecule has 0 fully saturated rings. The van der Waals surface area contributed by atoms with Gasteiger partial charge in [0.15, 0.2) is 0 Å². The molecule has 0 aliphatic heterocycles. The smallest absolute Gasteiger partial charge is 0.00199 e. The Bertz CT molecular complexity index is 2500. The van der Waals surface area contributed by atoms with Crippen molar-refractivity contribution in [2.75, 3.05) is 0 Å². The van der Waals surface area contributed by atoms with Crippen molar-refractivity contribution in [2.24, 2.45) is 0 Å². The topological polar surface area (TPSA) is 0 Å². The van der Waals surface area contributed by atoms with Gasteiger partial charge in [0.2, 0.25) is 0 Å². The Morgan fingerprint density at radius 1 is 0.217 bits per heavy atom. The quantitative estimate of drug-likeness (QED) is 0.181. The van der Waals surface area contributed by atoms with E-state index in [9.17, 15) is 0 Å². The molecular weight excluding hydrogens is 553 g/mol. The fourth-order valence-electron chi connectivity index (χ4n) is 7.24. The predicted molar refractivity (Wildman–Crippen MR) is 198 cm³/mol. The van der Waals surface area contributed by atoms with Gasteiger partial charge in [-0.25, -0.2) is 0 Å². The van der Waals surface area contributed by atoms with Crippen molar-refractivity contribution >= 4 is 43.1 Å². The van der Waals surface area contributed by atoms with Crippen molar-refractivity contribution < 1.29 is 0 Å². The molecule has 46 heavy (non-hydrogen) atoms. The van der Waals surface area contributed by atoms with Gasteiger partial charge in [-0.1, -0.05) is 164 Å². The van der Waals surface area contributed by atoms with Crippen LogP contribution in [0.1, 0.15) is 0 Å². The number of hydrogen-bond donors (Lipinski definition) is 0. The molecule has 9 rings (SSSR count). The monoisotopic (exact) mass is 582 g/mol. The summed E-state index contributed by atoms with van der Waals surface area (Å²) in [6.07, 6.45) is 0. The summed E-state index contributed by atoms with van der Waals surface area (Å²) in [5.74, 6) is 0. The van der Waals surface area contributed by atoms with E-state index < -0.39 is 0 Å². The van der Waals surface area contributed by atoms with Gasteiger partial charge in [-0.3, -0.25) is 0 Å². The lowest BCUT2D eigenvalue weighted by molar-refractivity contribution is 1.61. The van der Waals surface area contributed by atoms with Crippen molar-refractivity contribution in [3.8, 4) is 44.5 Å². The summed E-state index contributed by atoms with van der Waals surface area (Å²) in [6.45, 7) is 0. The van der Waals surface area contributed by atoms with E-state index in [1.54, 1.807) is 0 Å². The third kappa shape index (κ3) is 4.38. The molecule has 0 bridgehead atoms. The van der Waals surface area contributed by atoms with E-state index in [2.05, 4.69) is 182 Å². The zero-order chi connectivity index (χ0) is 30.5. The van der Waals surface area contributed by atoms with Crippen molar-refractivity contribution in [2.45, 2.75) is 0 Å². The molecule has 0 atom stereocenters. The number of rotatable bonds is 4. The minimum Gasteiger partial charge on any atom is -0.0622 e. The number of fused-ring (bicyclic) bond motifs is 4. The second-order valence-corrected chi connectivity index (χ2v) is 12.1. The van der Waals surface area contributed by atoms with Gasteiger partial charge in [0.1, 0.15) is 0 Å². The van der Waals surface area contributed by atoms with Gasteiger partial charge in [-0.2, -0.15) is 0 Å². The van der Waals surface area contributed by atoms with Crippen LogP contribution in [0, 0.1) is 0 Å². The molecule has 0 aliphatic carbocycles. The molecule has 0 aliphatic rings. The molecular formula is C46H30. The molecule has 0 unspecified atom stereocenters. The van der Waals surface area contributed by atoms with Crippen molar-refractivity contribution in [3.05, 3.63) is 182 Å². The van der Waals surface area contributed by atoms with Crippen LogP contribution in [0.3, 0.4) is 0 Å². The van der Waals surface area contributed by atoms with Gasteiger partial charge in [0.25, 0.3) is 0 Å². The molecule has 9 aromatic carbocycles. The lowest BCUT2D eigenvalue weighted by Gasteiger charge is -2.19. The predicted octanol–water partition coefficient (Wildman–Crippen LogP) is 13.0. The maximum atomic E-state index is 2.41. The summed E-state index contributed by atoms with van der Waals surface area (Å²) < 4.78 is 0. The maximum absolute atomic E-state index is 2.41. The molecule has 0 heteroatoms. The van der Waals surface area contributed by atoms with E-state index in [1.807, 2.05) is 0 Å². The summed E-state index contributed by atoms with van der Waals surface area (Å²) >= 11 is 0. The second kappa shape index (κ2) is 10.9. The van der Waals surface area contributed by atoms with E-state index in [-0.39, 0.29) is 0 Å². The Kier molecular flexibility index (Phi) is 6.25. The van der Waals surface area contributed by atoms with E-state index in [4.69, 9.17) is 0 Å². The van der Waals surface area contributed by atoms with E-state index in [0.717, 1.165) is 0 Å². The van der Waals surface area contributed by atoms with Crippen LogP contribution in [0.15, 0.2) is 182 Å². The molecule has 9 aromatic rings. The largest absolute Gasteiger partial charge is 0.0622 e. The van der Waals surface area contributed by atoms with Crippen LogP contribution in [0.4, 0.5) is 0 Å². The van der Waals surface area contributed by atoms with Crippen LogP contribution in [-0.2, 0) is 0 Å². The first kappa shape index (κ1) is 26.4. The molecule has 214 valence electrons. The van der Waals surface area contributed by atoms with Gasteiger partial charge in [0, 0.05) is 0 Å². The van der Waals surface area contributed by atoms with Crippen LogP contribution < -0.4 is 0 Å². The average molecular weight is 583 g/mol. The van der Waals surface area contributed by atoms with Gasteiger partial charge < -0.3 is 0 Å². The highest BCUT2D eigenvalue weighted by atomic mass is 14.2. The Morgan fingerprint density at radius 2 is 0.674 bits per heavy atom. The molecule has 0 radical (unpaired) electrons. The highest BCUT2D eigenvalue weighted by Gasteiger charge is 2.18. The summed E-state index contributed by atoms with van der Waals surface area (Å²) in [5, 5.41) is 10.1. The van der Waals surface area contributed by atoms with E-state index in [1.165, 1.54) is 87.6 Å². The molecule has 0 amide bonds. The number of benzene rings is 9. The first-order valence-electron chi connectivity index (χ1n) is 15.9. The van der Waals surface area contributed by atoms with Crippen LogP contribution in [-0.4, -0.2) is 0 Å². The molecule has 0 heterocycles. The van der Waals surface area contributed by atoms with Crippen LogP contribution in [0.2, 0.25) is 0 Å². The third-order valence-electron chi connectivity index (χ3n) is 9.43. The van der Waals surface area contributed by atoms with Crippen LogP contribution in [0.5, 0.6) is 0 Å². The second-order valence-electron chi connectivity index (χ2n) is 12.1. The number of hydrogen-bond acceptors (Lipinski definition) is 0. The Morgan fingerprint density at radius 3 is 1.33 bits per heavy atom. The highest BCUT2D eigenvalue weighted by Crippen LogP contribution is 2.46. The Balaban J connectivity index is 1.26. The molecule has 0 spiro atoms. The summed E-state index contributed by atoms with van der Waals surface area (Å²) in [5.41, 5.74) is 9.98. The summed E-state index contributed by atoms with van der Waals surface area (Å²) in [4.78, 5) is 0. The Hall–Kier alpha value is -5.98. The van der Waals surface area contributed by atoms with Gasteiger partial charge >= 0.3 is 0 Å². The van der Waals surface area contributed by atoms with E-state index in [0.29, 0.717) is 0 Å². The summed E-state index contributed by atoms with van der Waals surface area (Å²) in [6, 6.07) is 66.5. The zero-order valence-electron chi connectivity index (χ0n) is 25.3. The first-order valence-corrected chi connectivity index (χ1v) is 15.9. The van der Waals surface area contributed by atoms with Gasteiger partial charge in [-0.15, -0.1) is 0 Å². The highest BCUT2D eigenvalue weighted by molar-refractivity contribution is 6.23. The first-order chi connectivity index (χ1) is 22.8. The fraction of sp³-hybridized carbons (Fsp3) is 0. The molecule has 0 nitrogen and oxygen atoms in total. The lowest BCUT2D eigenvalue weighted by atomic mass is 9.84. The van der Waals surface area contributed by atoms with Gasteiger partial charge in [0.05, 0.1) is 0 Å².